The Balaban J connectivity index is 2.74. The number of carbonyl (C=O) groups excluding carboxylic acids is 1. The minimum absolute atomic E-state index is 0.00225. The second-order valence-electron chi connectivity index (χ2n) is 4.22. The smallest absolute Gasteiger partial charge is 0.254 e. The predicted octanol–water partition coefficient (Wildman–Crippen LogP) is 3.24. The van der Waals surface area contributed by atoms with Gasteiger partial charge in [-0.15, -0.1) is 0 Å². The van der Waals surface area contributed by atoms with E-state index >= 15 is 0 Å². The number of alkyl halides is 1. The molecule has 1 atom stereocenters. The number of aryl methyl sites for hydroxylation is 1. The molecule has 1 amide bonds. The maximum absolute atomic E-state index is 12.3. The maximum atomic E-state index is 12.3. The molecule has 0 aliphatic heterocycles. The number of halogens is 2. The highest BCUT2D eigenvalue weighted by Crippen LogP contribution is 2.20. The maximum Gasteiger partial charge on any atom is 0.254 e. The van der Waals surface area contributed by atoms with E-state index in [0.29, 0.717) is 18.7 Å². The largest absolute Gasteiger partial charge is 0.383 e. The van der Waals surface area contributed by atoms with Crippen molar-refractivity contribution in [2.24, 2.45) is 0 Å². The van der Waals surface area contributed by atoms with Gasteiger partial charge in [-0.05, 0) is 40.5 Å². The van der Waals surface area contributed by atoms with Crippen LogP contribution >= 0.6 is 31.9 Å². The number of ether oxygens (including phenoxy) is 1. The average molecular weight is 379 g/mol. The van der Waals surface area contributed by atoms with Gasteiger partial charge in [0.15, 0.2) is 0 Å². The normalized spacial score (nSPS) is 12.3. The van der Waals surface area contributed by atoms with Gasteiger partial charge >= 0.3 is 0 Å². The van der Waals surface area contributed by atoms with E-state index in [4.69, 9.17) is 4.74 Å². The quantitative estimate of drug-likeness (QED) is 0.736. The van der Waals surface area contributed by atoms with Gasteiger partial charge < -0.3 is 9.64 Å². The minimum Gasteiger partial charge on any atom is -0.383 e. The van der Waals surface area contributed by atoms with Crippen molar-refractivity contribution >= 4 is 37.8 Å². The Morgan fingerprint density at radius 1 is 1.50 bits per heavy atom. The van der Waals surface area contributed by atoms with Gasteiger partial charge in [-0.1, -0.05) is 22.0 Å². The zero-order valence-electron chi connectivity index (χ0n) is 10.7. The van der Waals surface area contributed by atoms with Gasteiger partial charge in [0.05, 0.1) is 17.0 Å². The monoisotopic (exact) mass is 377 g/mol. The molecule has 0 N–H and O–H groups in total. The highest BCUT2D eigenvalue weighted by atomic mass is 79.9. The molecule has 0 spiro atoms. The molecule has 0 radical (unpaired) electrons. The third-order valence-corrected chi connectivity index (χ3v) is 3.73. The summed E-state index contributed by atoms with van der Waals surface area (Å²) in [7, 11) is 3.44. The van der Waals surface area contributed by atoms with Crippen molar-refractivity contribution in [3.05, 3.63) is 33.8 Å². The summed E-state index contributed by atoms with van der Waals surface area (Å²) in [4.78, 5) is 14.1. The second kappa shape index (κ2) is 7.26. The average Bonchev–Trinajstić information content (AvgIpc) is 2.28. The molecule has 3 nitrogen and oxygen atoms in total. The number of carbonyl (C=O) groups is 1. The lowest BCUT2D eigenvalue weighted by molar-refractivity contribution is 0.0783. The highest BCUT2D eigenvalue weighted by molar-refractivity contribution is 9.10. The van der Waals surface area contributed by atoms with Crippen molar-refractivity contribution in [1.29, 1.82) is 0 Å². The lowest BCUT2D eigenvalue weighted by Gasteiger charge is -2.21. The second-order valence-corrected chi connectivity index (χ2v) is 6.37. The number of methoxy groups -OCH3 is 1. The molecule has 1 unspecified atom stereocenters. The zero-order valence-corrected chi connectivity index (χ0v) is 13.9. The van der Waals surface area contributed by atoms with E-state index in [2.05, 4.69) is 31.9 Å². The predicted molar refractivity (Wildman–Crippen MR) is 80.4 cm³/mol. The summed E-state index contributed by atoms with van der Waals surface area (Å²) >= 11 is 6.91. The van der Waals surface area contributed by atoms with E-state index in [9.17, 15) is 4.79 Å². The van der Waals surface area contributed by atoms with Crippen molar-refractivity contribution in [3.8, 4) is 0 Å². The first kappa shape index (κ1) is 15.7. The van der Waals surface area contributed by atoms with Gasteiger partial charge in [-0.2, -0.15) is 0 Å². The Hall–Kier alpha value is -0.390. The Kier molecular flexibility index (Phi) is 6.32. The van der Waals surface area contributed by atoms with Gasteiger partial charge in [0.2, 0.25) is 0 Å². The number of amides is 1. The van der Waals surface area contributed by atoms with E-state index in [0.717, 1.165) is 10.0 Å². The van der Waals surface area contributed by atoms with Crippen LogP contribution in [0.1, 0.15) is 15.9 Å². The van der Waals surface area contributed by atoms with Crippen molar-refractivity contribution in [2.45, 2.75) is 11.8 Å². The van der Waals surface area contributed by atoms with E-state index in [1.165, 1.54) is 0 Å². The van der Waals surface area contributed by atoms with Crippen LogP contribution in [0, 0.1) is 6.92 Å². The molecule has 0 bridgehead atoms. The molecule has 0 saturated carbocycles. The van der Waals surface area contributed by atoms with Crippen LogP contribution < -0.4 is 0 Å². The van der Waals surface area contributed by atoms with Crippen molar-refractivity contribution in [3.63, 3.8) is 0 Å². The van der Waals surface area contributed by atoms with Gasteiger partial charge in [0.25, 0.3) is 5.91 Å². The number of nitrogens with zero attached hydrogens (tertiary/aromatic N) is 1. The van der Waals surface area contributed by atoms with Crippen molar-refractivity contribution < 1.29 is 9.53 Å². The standard InChI is InChI=1S/C13H17Br2NO2/c1-9-4-5-11(12(15)6-9)13(17)16(2)7-10(14)8-18-3/h4-6,10H,7-8H2,1-3H3. The number of rotatable bonds is 5. The van der Waals surface area contributed by atoms with Crippen molar-refractivity contribution in [2.75, 3.05) is 27.3 Å². The first-order valence-electron chi connectivity index (χ1n) is 5.60. The molecule has 1 rings (SSSR count). The molecule has 18 heavy (non-hydrogen) atoms. The fourth-order valence-electron chi connectivity index (χ4n) is 1.61. The van der Waals surface area contributed by atoms with Crippen LogP contribution in [-0.4, -0.2) is 42.9 Å². The minimum atomic E-state index is 0.00225. The van der Waals surface area contributed by atoms with E-state index in [1.54, 1.807) is 19.1 Å². The van der Waals surface area contributed by atoms with Crippen LogP contribution in [0.25, 0.3) is 0 Å². The lowest BCUT2D eigenvalue weighted by Crippen LogP contribution is -2.33. The first-order valence-corrected chi connectivity index (χ1v) is 7.31. The lowest BCUT2D eigenvalue weighted by atomic mass is 10.1. The molecular formula is C13H17Br2NO2. The Morgan fingerprint density at radius 3 is 2.72 bits per heavy atom. The van der Waals surface area contributed by atoms with Crippen LogP contribution in [0.3, 0.4) is 0 Å². The molecule has 0 aliphatic carbocycles. The van der Waals surface area contributed by atoms with Crippen molar-refractivity contribution in [1.82, 2.24) is 4.90 Å². The van der Waals surface area contributed by atoms with Crippen LogP contribution in [0.15, 0.2) is 22.7 Å². The molecule has 0 heterocycles. The Labute approximate surface area is 125 Å². The molecule has 0 aromatic heterocycles. The summed E-state index contributed by atoms with van der Waals surface area (Å²) in [5.41, 5.74) is 1.80. The van der Waals surface area contributed by atoms with E-state index < -0.39 is 0 Å². The van der Waals surface area contributed by atoms with Crippen LogP contribution in [0.4, 0.5) is 0 Å². The topological polar surface area (TPSA) is 29.5 Å². The van der Waals surface area contributed by atoms with E-state index in [-0.39, 0.29) is 10.7 Å². The molecule has 1 aromatic rings. The Bertz CT molecular complexity index is 423. The van der Waals surface area contributed by atoms with Crippen LogP contribution in [0.5, 0.6) is 0 Å². The van der Waals surface area contributed by atoms with Crippen LogP contribution in [0.2, 0.25) is 0 Å². The first-order chi connectivity index (χ1) is 8.45. The third-order valence-electron chi connectivity index (χ3n) is 2.52. The summed E-state index contributed by atoms with van der Waals surface area (Å²) in [6.07, 6.45) is 0. The molecule has 5 heteroatoms. The van der Waals surface area contributed by atoms with Gasteiger partial charge in [-0.3, -0.25) is 4.79 Å². The molecule has 0 saturated heterocycles. The molecule has 100 valence electrons. The van der Waals surface area contributed by atoms with Crippen LogP contribution in [-0.2, 0) is 4.74 Å². The SMILES string of the molecule is COCC(Br)CN(C)C(=O)c1ccc(C)cc1Br. The molecule has 0 fully saturated rings. The number of benzene rings is 1. The zero-order chi connectivity index (χ0) is 13.7. The fraction of sp³-hybridized carbons (Fsp3) is 0.462. The van der Waals surface area contributed by atoms with Gasteiger partial charge in [-0.25, -0.2) is 0 Å². The summed E-state index contributed by atoms with van der Waals surface area (Å²) in [5.74, 6) is 0.00225. The highest BCUT2D eigenvalue weighted by Gasteiger charge is 2.17. The summed E-state index contributed by atoms with van der Waals surface area (Å²) in [5, 5.41) is 0. The number of hydrogen-bond donors (Lipinski definition) is 0. The molecular weight excluding hydrogens is 362 g/mol. The summed E-state index contributed by atoms with van der Waals surface area (Å²) in [6, 6.07) is 5.73. The Morgan fingerprint density at radius 2 is 2.17 bits per heavy atom. The number of hydrogen-bond acceptors (Lipinski definition) is 2. The van der Waals surface area contributed by atoms with E-state index in [1.807, 2.05) is 25.1 Å². The summed E-state index contributed by atoms with van der Waals surface area (Å²) in [6.45, 7) is 3.18. The molecule has 1 aromatic carbocycles. The summed E-state index contributed by atoms with van der Waals surface area (Å²) < 4.78 is 5.87. The van der Waals surface area contributed by atoms with Gasteiger partial charge in [0.1, 0.15) is 0 Å². The third kappa shape index (κ3) is 4.37. The van der Waals surface area contributed by atoms with Gasteiger partial charge in [0, 0.05) is 25.2 Å². The molecule has 0 aliphatic rings. The fourth-order valence-corrected chi connectivity index (χ4v) is 2.97.